The molecule has 112 valence electrons. The van der Waals surface area contributed by atoms with Gasteiger partial charge in [-0.25, -0.2) is 0 Å². The van der Waals surface area contributed by atoms with Gasteiger partial charge in [0.05, 0.1) is 12.7 Å². The molecule has 1 atom stereocenters. The third-order valence-corrected chi connectivity index (χ3v) is 4.92. The van der Waals surface area contributed by atoms with E-state index in [1.165, 1.54) is 51.6 Å². The molecule has 1 N–H and O–H groups in total. The first-order chi connectivity index (χ1) is 9.16. The Morgan fingerprint density at radius 3 is 2.63 bits per heavy atom. The first kappa shape index (κ1) is 15.3. The number of rotatable bonds is 5. The lowest BCUT2D eigenvalue weighted by atomic mass is 9.78. The predicted molar refractivity (Wildman–Crippen MR) is 80.6 cm³/mol. The molecule has 3 nitrogen and oxygen atoms in total. The summed E-state index contributed by atoms with van der Waals surface area (Å²) in [7, 11) is 0. The normalized spacial score (nSPS) is 28.1. The van der Waals surface area contributed by atoms with Crippen LogP contribution in [0.3, 0.4) is 0 Å². The van der Waals surface area contributed by atoms with Crippen molar-refractivity contribution < 1.29 is 4.74 Å². The lowest BCUT2D eigenvalue weighted by molar-refractivity contribution is -0.0212. The van der Waals surface area contributed by atoms with Crippen molar-refractivity contribution in [2.75, 3.05) is 26.2 Å². The molecular formula is C16H32N2O. The van der Waals surface area contributed by atoms with Crippen molar-refractivity contribution in [1.29, 1.82) is 0 Å². The van der Waals surface area contributed by atoms with Crippen LogP contribution in [0.25, 0.3) is 0 Å². The highest BCUT2D eigenvalue weighted by Crippen LogP contribution is 2.35. The SMILES string of the molecule is CCC1CN(CCOC(C)C)C2(CCCCC2)CN1. The van der Waals surface area contributed by atoms with E-state index >= 15 is 0 Å². The second-order valence-corrected chi connectivity index (χ2v) is 6.64. The van der Waals surface area contributed by atoms with Gasteiger partial charge in [-0.1, -0.05) is 26.2 Å². The highest BCUT2D eigenvalue weighted by Gasteiger charge is 2.41. The van der Waals surface area contributed by atoms with E-state index < -0.39 is 0 Å². The van der Waals surface area contributed by atoms with Gasteiger partial charge in [0.1, 0.15) is 0 Å². The van der Waals surface area contributed by atoms with Crippen LogP contribution in [0.15, 0.2) is 0 Å². The summed E-state index contributed by atoms with van der Waals surface area (Å²) >= 11 is 0. The minimum Gasteiger partial charge on any atom is -0.377 e. The Labute approximate surface area is 119 Å². The summed E-state index contributed by atoms with van der Waals surface area (Å²) in [6.45, 7) is 10.9. The molecule has 0 aromatic carbocycles. The third kappa shape index (κ3) is 3.93. The number of nitrogens with zero attached hydrogens (tertiary/aromatic N) is 1. The maximum absolute atomic E-state index is 5.79. The van der Waals surface area contributed by atoms with Gasteiger partial charge in [-0.05, 0) is 33.1 Å². The molecular weight excluding hydrogens is 236 g/mol. The summed E-state index contributed by atoms with van der Waals surface area (Å²) in [6.07, 6.45) is 8.57. The van der Waals surface area contributed by atoms with Crippen molar-refractivity contribution >= 4 is 0 Å². The summed E-state index contributed by atoms with van der Waals surface area (Å²) in [5, 5.41) is 3.78. The Bertz CT molecular complexity index is 261. The van der Waals surface area contributed by atoms with Crippen LogP contribution in [0.2, 0.25) is 0 Å². The van der Waals surface area contributed by atoms with E-state index in [1.54, 1.807) is 0 Å². The van der Waals surface area contributed by atoms with Crippen molar-refractivity contribution in [3.8, 4) is 0 Å². The Kier molecular flexibility index (Phi) is 5.67. The molecule has 0 aromatic heterocycles. The molecule has 1 saturated carbocycles. The molecule has 2 fully saturated rings. The first-order valence-corrected chi connectivity index (χ1v) is 8.26. The van der Waals surface area contributed by atoms with Gasteiger partial charge in [-0.3, -0.25) is 4.90 Å². The molecule has 1 unspecified atom stereocenters. The van der Waals surface area contributed by atoms with Gasteiger partial charge in [-0.15, -0.1) is 0 Å². The fourth-order valence-electron chi connectivity index (χ4n) is 3.67. The molecule has 1 heterocycles. The van der Waals surface area contributed by atoms with E-state index in [0.717, 1.165) is 13.2 Å². The Hall–Kier alpha value is -0.120. The average Bonchev–Trinajstić information content (AvgIpc) is 2.42. The zero-order valence-corrected chi connectivity index (χ0v) is 13.1. The van der Waals surface area contributed by atoms with Gasteiger partial charge in [0.25, 0.3) is 0 Å². The number of hydrogen-bond acceptors (Lipinski definition) is 3. The molecule has 1 aliphatic carbocycles. The topological polar surface area (TPSA) is 24.5 Å². The fraction of sp³-hybridized carbons (Fsp3) is 1.00. The van der Waals surface area contributed by atoms with Crippen LogP contribution in [0.4, 0.5) is 0 Å². The first-order valence-electron chi connectivity index (χ1n) is 8.26. The molecule has 1 saturated heterocycles. The molecule has 1 spiro atoms. The van der Waals surface area contributed by atoms with E-state index in [-0.39, 0.29) is 0 Å². The summed E-state index contributed by atoms with van der Waals surface area (Å²) in [5.74, 6) is 0. The Balaban J connectivity index is 1.94. The lowest BCUT2D eigenvalue weighted by Crippen LogP contribution is -2.65. The van der Waals surface area contributed by atoms with Crippen molar-refractivity contribution in [3.63, 3.8) is 0 Å². The minimum atomic E-state index is 0.354. The van der Waals surface area contributed by atoms with Crippen molar-refractivity contribution in [2.24, 2.45) is 0 Å². The molecule has 0 amide bonds. The second-order valence-electron chi connectivity index (χ2n) is 6.64. The van der Waals surface area contributed by atoms with Crippen LogP contribution < -0.4 is 5.32 Å². The third-order valence-electron chi connectivity index (χ3n) is 4.92. The van der Waals surface area contributed by atoms with Crippen LogP contribution in [-0.2, 0) is 4.74 Å². The second kappa shape index (κ2) is 7.05. The van der Waals surface area contributed by atoms with Gasteiger partial charge in [-0.2, -0.15) is 0 Å². The standard InChI is InChI=1S/C16H32N2O/c1-4-15-12-18(10-11-19-14(2)3)16(13-17-15)8-6-5-7-9-16/h14-15,17H,4-13H2,1-3H3. The highest BCUT2D eigenvalue weighted by molar-refractivity contribution is 5.00. The number of ether oxygens (including phenoxy) is 1. The molecule has 2 rings (SSSR count). The summed E-state index contributed by atoms with van der Waals surface area (Å²) in [4.78, 5) is 2.75. The van der Waals surface area contributed by atoms with Gasteiger partial charge in [0.2, 0.25) is 0 Å². The molecule has 1 aliphatic heterocycles. The molecule has 0 radical (unpaired) electrons. The quantitative estimate of drug-likeness (QED) is 0.830. The summed E-state index contributed by atoms with van der Waals surface area (Å²) < 4.78 is 5.79. The van der Waals surface area contributed by atoms with Crippen molar-refractivity contribution in [3.05, 3.63) is 0 Å². The maximum atomic E-state index is 5.79. The van der Waals surface area contributed by atoms with E-state index in [1.807, 2.05) is 0 Å². The van der Waals surface area contributed by atoms with Gasteiger partial charge in [0.15, 0.2) is 0 Å². The Morgan fingerprint density at radius 1 is 1.26 bits per heavy atom. The van der Waals surface area contributed by atoms with Crippen LogP contribution >= 0.6 is 0 Å². The van der Waals surface area contributed by atoms with Crippen LogP contribution in [0, 0.1) is 0 Å². The van der Waals surface area contributed by atoms with Crippen LogP contribution in [0.5, 0.6) is 0 Å². The molecule has 0 aromatic rings. The highest BCUT2D eigenvalue weighted by atomic mass is 16.5. The van der Waals surface area contributed by atoms with E-state index in [2.05, 4.69) is 31.0 Å². The number of hydrogen-bond donors (Lipinski definition) is 1. The Morgan fingerprint density at radius 2 is 2.00 bits per heavy atom. The monoisotopic (exact) mass is 268 g/mol. The molecule has 2 aliphatic rings. The number of piperazine rings is 1. The minimum absolute atomic E-state index is 0.354. The molecule has 0 bridgehead atoms. The zero-order valence-electron chi connectivity index (χ0n) is 13.1. The average molecular weight is 268 g/mol. The predicted octanol–water partition coefficient (Wildman–Crippen LogP) is 2.80. The molecule has 3 heteroatoms. The lowest BCUT2D eigenvalue weighted by Gasteiger charge is -2.52. The maximum Gasteiger partial charge on any atom is 0.0597 e. The van der Waals surface area contributed by atoms with Gasteiger partial charge < -0.3 is 10.1 Å². The molecule has 19 heavy (non-hydrogen) atoms. The van der Waals surface area contributed by atoms with Gasteiger partial charge in [0, 0.05) is 31.2 Å². The van der Waals surface area contributed by atoms with E-state index in [4.69, 9.17) is 4.74 Å². The fourth-order valence-corrected chi connectivity index (χ4v) is 3.67. The smallest absolute Gasteiger partial charge is 0.0597 e. The number of nitrogens with one attached hydrogen (secondary N) is 1. The van der Waals surface area contributed by atoms with Crippen molar-refractivity contribution in [1.82, 2.24) is 10.2 Å². The van der Waals surface area contributed by atoms with E-state index in [0.29, 0.717) is 17.7 Å². The van der Waals surface area contributed by atoms with E-state index in [9.17, 15) is 0 Å². The van der Waals surface area contributed by atoms with Gasteiger partial charge >= 0.3 is 0 Å². The summed E-state index contributed by atoms with van der Waals surface area (Å²) in [5.41, 5.74) is 0.435. The van der Waals surface area contributed by atoms with Crippen LogP contribution in [-0.4, -0.2) is 48.8 Å². The largest absolute Gasteiger partial charge is 0.377 e. The van der Waals surface area contributed by atoms with Crippen LogP contribution in [0.1, 0.15) is 59.3 Å². The zero-order chi connectivity index (χ0) is 13.7. The summed E-state index contributed by atoms with van der Waals surface area (Å²) in [6, 6.07) is 0.673. The van der Waals surface area contributed by atoms with Crippen molar-refractivity contribution in [2.45, 2.75) is 77.0 Å².